The summed E-state index contributed by atoms with van der Waals surface area (Å²) in [6, 6.07) is 4.92. The lowest BCUT2D eigenvalue weighted by molar-refractivity contribution is -0.113. The number of thiazole rings is 1. The normalized spacial score (nSPS) is 11.2. The molecule has 0 saturated heterocycles. The topological polar surface area (TPSA) is 89.3 Å². The van der Waals surface area contributed by atoms with Crippen molar-refractivity contribution in [3.05, 3.63) is 33.6 Å². The Bertz CT molecular complexity index is 1170. The number of anilines is 2. The van der Waals surface area contributed by atoms with Crippen LogP contribution in [0.2, 0.25) is 5.02 Å². The largest absolute Gasteiger partial charge is 0.495 e. The molecule has 8 nitrogen and oxygen atoms in total. The Hall–Kier alpha value is -2.30. The zero-order valence-corrected chi connectivity index (χ0v) is 21.0. The molecule has 3 rings (SSSR count). The number of nitrogens with one attached hydrogen (secondary N) is 1. The fourth-order valence-corrected chi connectivity index (χ4v) is 5.36. The Morgan fingerprint density at radius 1 is 1.31 bits per heavy atom. The first-order chi connectivity index (χ1) is 15.3. The van der Waals surface area contributed by atoms with E-state index in [9.17, 15) is 9.59 Å². The second-order valence-corrected chi connectivity index (χ2v) is 9.50. The number of benzene rings is 1. The molecule has 0 unspecified atom stereocenters. The third-order valence-corrected chi connectivity index (χ3v) is 7.08. The third-order valence-electron chi connectivity index (χ3n) is 4.74. The van der Waals surface area contributed by atoms with Gasteiger partial charge in [-0.25, -0.2) is 4.98 Å². The molecule has 0 radical (unpaired) electrons. The number of hydrogen-bond donors (Lipinski definition) is 1. The molecule has 3 aromatic rings. The third kappa shape index (κ3) is 5.19. The molecule has 0 fully saturated rings. The van der Waals surface area contributed by atoms with Crippen LogP contribution in [0, 0.1) is 0 Å². The fourth-order valence-electron chi connectivity index (χ4n) is 3.11. The minimum Gasteiger partial charge on any atom is -0.495 e. The highest BCUT2D eigenvalue weighted by atomic mass is 35.5. The van der Waals surface area contributed by atoms with Crippen molar-refractivity contribution >= 4 is 61.8 Å². The summed E-state index contributed by atoms with van der Waals surface area (Å²) in [6.07, 6.45) is 0. The van der Waals surface area contributed by atoms with E-state index >= 15 is 0 Å². The van der Waals surface area contributed by atoms with Crippen LogP contribution >= 0.6 is 34.7 Å². The van der Waals surface area contributed by atoms with Gasteiger partial charge in [-0.3, -0.25) is 14.2 Å². The predicted molar refractivity (Wildman–Crippen MR) is 133 cm³/mol. The maximum atomic E-state index is 13.2. The number of rotatable bonds is 9. The standard InChI is InChI=1S/C21H26ClN5O3S2/c1-6-26(7-2)20-24-18-17(32-20)19(29)27(12(3)4)21(25-18)31-11-16(28)23-13-8-9-15(30-5)14(22)10-13/h8-10,12H,6-7,11H2,1-5H3,(H,23,28). The van der Waals surface area contributed by atoms with Gasteiger partial charge in [0.15, 0.2) is 15.9 Å². The van der Waals surface area contributed by atoms with Crippen molar-refractivity contribution < 1.29 is 9.53 Å². The van der Waals surface area contributed by atoms with Crippen molar-refractivity contribution in [2.45, 2.75) is 38.9 Å². The van der Waals surface area contributed by atoms with Crippen molar-refractivity contribution in [2.75, 3.05) is 36.2 Å². The van der Waals surface area contributed by atoms with E-state index in [-0.39, 0.29) is 23.3 Å². The number of carbonyl (C=O) groups excluding carboxylic acids is 1. The summed E-state index contributed by atoms with van der Waals surface area (Å²) in [7, 11) is 1.53. The Balaban J connectivity index is 1.84. The number of nitrogens with zero attached hydrogens (tertiary/aromatic N) is 4. The molecule has 0 aliphatic rings. The van der Waals surface area contributed by atoms with Crippen molar-refractivity contribution in [2.24, 2.45) is 0 Å². The maximum Gasteiger partial charge on any atom is 0.274 e. The van der Waals surface area contributed by atoms with E-state index in [1.165, 1.54) is 30.2 Å². The molecule has 172 valence electrons. The van der Waals surface area contributed by atoms with Gasteiger partial charge in [-0.2, -0.15) is 4.98 Å². The number of amides is 1. The summed E-state index contributed by atoms with van der Waals surface area (Å²) < 4.78 is 7.28. The summed E-state index contributed by atoms with van der Waals surface area (Å²) in [5, 5.41) is 4.46. The summed E-state index contributed by atoms with van der Waals surface area (Å²) in [6.45, 7) is 9.53. The van der Waals surface area contributed by atoms with Crippen LogP contribution < -0.4 is 20.5 Å². The van der Waals surface area contributed by atoms with Gasteiger partial charge in [0.05, 0.1) is 17.9 Å². The predicted octanol–water partition coefficient (Wildman–Crippen LogP) is 4.67. The lowest BCUT2D eigenvalue weighted by Gasteiger charge is -2.15. The van der Waals surface area contributed by atoms with Gasteiger partial charge >= 0.3 is 0 Å². The number of thioether (sulfide) groups is 1. The molecule has 2 heterocycles. The Labute approximate surface area is 200 Å². The van der Waals surface area contributed by atoms with Gasteiger partial charge in [0, 0.05) is 24.8 Å². The van der Waals surface area contributed by atoms with Gasteiger partial charge < -0.3 is 15.0 Å². The smallest absolute Gasteiger partial charge is 0.274 e. The highest BCUT2D eigenvalue weighted by Gasteiger charge is 2.20. The number of fused-ring (bicyclic) bond motifs is 1. The molecular formula is C21H26ClN5O3S2. The lowest BCUT2D eigenvalue weighted by atomic mass is 10.3. The van der Waals surface area contributed by atoms with Crippen molar-refractivity contribution in [3.8, 4) is 5.75 Å². The van der Waals surface area contributed by atoms with Gasteiger partial charge in [-0.15, -0.1) is 0 Å². The minimum absolute atomic E-state index is 0.0847. The van der Waals surface area contributed by atoms with Crippen molar-refractivity contribution in [1.82, 2.24) is 14.5 Å². The minimum atomic E-state index is -0.233. The second kappa shape index (κ2) is 10.5. The summed E-state index contributed by atoms with van der Waals surface area (Å²) in [4.78, 5) is 37.0. The highest BCUT2D eigenvalue weighted by Crippen LogP contribution is 2.29. The molecule has 1 aromatic carbocycles. The lowest BCUT2D eigenvalue weighted by Crippen LogP contribution is -2.25. The molecule has 0 bridgehead atoms. The van der Waals surface area contributed by atoms with E-state index in [2.05, 4.69) is 20.2 Å². The number of carbonyl (C=O) groups is 1. The average Bonchev–Trinajstić information content (AvgIpc) is 3.17. The fraction of sp³-hybridized carbons (Fsp3) is 0.429. The summed E-state index contributed by atoms with van der Waals surface area (Å²) in [5.74, 6) is 0.384. The Morgan fingerprint density at radius 2 is 2.03 bits per heavy atom. The van der Waals surface area contributed by atoms with Gasteiger partial charge in [0.2, 0.25) is 5.91 Å². The Kier molecular flexibility index (Phi) is 8.02. The first-order valence-corrected chi connectivity index (χ1v) is 12.4. The number of hydrogen-bond acceptors (Lipinski definition) is 8. The quantitative estimate of drug-likeness (QED) is 0.340. The SMILES string of the molecule is CCN(CC)c1nc2nc(SCC(=O)Nc3ccc(OC)c(Cl)c3)n(C(C)C)c(=O)c2s1. The van der Waals surface area contributed by atoms with E-state index in [0.717, 1.165) is 18.2 Å². The summed E-state index contributed by atoms with van der Waals surface area (Å²) >= 11 is 8.69. The van der Waals surface area contributed by atoms with Gasteiger partial charge in [0.1, 0.15) is 10.4 Å². The van der Waals surface area contributed by atoms with E-state index in [1.54, 1.807) is 22.8 Å². The Morgan fingerprint density at radius 3 is 2.62 bits per heavy atom. The number of halogens is 1. The van der Waals surface area contributed by atoms with Crippen molar-refractivity contribution in [1.29, 1.82) is 0 Å². The van der Waals surface area contributed by atoms with E-state index in [1.807, 2.05) is 27.7 Å². The first kappa shape index (κ1) is 24.3. The molecule has 2 aromatic heterocycles. The van der Waals surface area contributed by atoms with Gasteiger partial charge in [-0.05, 0) is 45.9 Å². The van der Waals surface area contributed by atoms with Crippen LogP contribution in [-0.2, 0) is 4.79 Å². The van der Waals surface area contributed by atoms with Crippen LogP contribution in [0.15, 0.2) is 28.2 Å². The highest BCUT2D eigenvalue weighted by molar-refractivity contribution is 7.99. The second-order valence-electron chi connectivity index (χ2n) is 7.17. The summed E-state index contributed by atoms with van der Waals surface area (Å²) in [5.41, 5.74) is 0.851. The molecule has 32 heavy (non-hydrogen) atoms. The first-order valence-electron chi connectivity index (χ1n) is 10.2. The molecule has 0 aliphatic heterocycles. The number of ether oxygens (including phenoxy) is 1. The van der Waals surface area contributed by atoms with Crippen LogP contribution in [0.4, 0.5) is 10.8 Å². The number of methoxy groups -OCH3 is 1. The van der Waals surface area contributed by atoms with Crippen LogP contribution in [-0.4, -0.2) is 46.4 Å². The van der Waals surface area contributed by atoms with Crippen LogP contribution in [0.3, 0.4) is 0 Å². The molecule has 11 heteroatoms. The number of aromatic nitrogens is 3. The maximum absolute atomic E-state index is 13.2. The van der Waals surface area contributed by atoms with E-state index < -0.39 is 0 Å². The van der Waals surface area contributed by atoms with Gasteiger partial charge in [0.25, 0.3) is 5.56 Å². The molecule has 0 spiro atoms. The molecule has 0 saturated carbocycles. The van der Waals surface area contributed by atoms with E-state index in [4.69, 9.17) is 16.3 Å². The van der Waals surface area contributed by atoms with Crippen molar-refractivity contribution in [3.63, 3.8) is 0 Å². The van der Waals surface area contributed by atoms with Crippen LogP contribution in [0.25, 0.3) is 10.3 Å². The molecule has 0 aliphatic carbocycles. The molecule has 1 amide bonds. The molecule has 1 N–H and O–H groups in total. The van der Waals surface area contributed by atoms with Crippen LogP contribution in [0.1, 0.15) is 33.7 Å². The van der Waals surface area contributed by atoms with E-state index in [0.29, 0.717) is 32.0 Å². The monoisotopic (exact) mass is 495 g/mol. The zero-order chi connectivity index (χ0) is 23.4. The molecular weight excluding hydrogens is 470 g/mol. The zero-order valence-electron chi connectivity index (χ0n) is 18.6. The average molecular weight is 496 g/mol. The van der Waals surface area contributed by atoms with Crippen LogP contribution in [0.5, 0.6) is 5.75 Å². The van der Waals surface area contributed by atoms with Gasteiger partial charge in [-0.1, -0.05) is 34.7 Å². The molecule has 0 atom stereocenters.